The van der Waals surface area contributed by atoms with E-state index in [-0.39, 0.29) is 12.1 Å². The summed E-state index contributed by atoms with van der Waals surface area (Å²) < 4.78 is 0. The fourth-order valence-corrected chi connectivity index (χ4v) is 3.11. The Bertz CT molecular complexity index is 595. The van der Waals surface area contributed by atoms with Crippen molar-refractivity contribution < 1.29 is 5.11 Å². The first-order valence-corrected chi connectivity index (χ1v) is 7.26. The van der Waals surface area contributed by atoms with Gasteiger partial charge in [0, 0.05) is 11.7 Å². The molecule has 1 saturated carbocycles. The second kappa shape index (κ2) is 5.42. The van der Waals surface area contributed by atoms with E-state index >= 15 is 0 Å². The number of H-pyrrole nitrogens is 1. The average Bonchev–Trinajstić information content (AvgIpc) is 2.80. The molecule has 1 aromatic carbocycles. The molecule has 3 rings (SSSR count). The molecule has 0 radical (unpaired) electrons. The van der Waals surface area contributed by atoms with E-state index in [2.05, 4.69) is 21.9 Å². The third-order valence-electron chi connectivity index (χ3n) is 4.21. The minimum Gasteiger partial charge on any atom is -0.399 e. The van der Waals surface area contributed by atoms with Gasteiger partial charge in [0.15, 0.2) is 0 Å². The molecule has 108 valence electrons. The number of aromatic amines is 1. The Morgan fingerprint density at radius 1 is 1.40 bits per heavy atom. The van der Waals surface area contributed by atoms with Gasteiger partial charge in [0.1, 0.15) is 5.82 Å². The van der Waals surface area contributed by atoms with Crippen LogP contribution in [0.25, 0.3) is 11.0 Å². The molecular weight excluding hydrogens is 252 g/mol. The Morgan fingerprint density at radius 3 is 3.00 bits per heavy atom. The maximum atomic E-state index is 10.1. The number of nitrogens with one attached hydrogen (secondary N) is 1. The molecule has 2 aromatic rings. The summed E-state index contributed by atoms with van der Waals surface area (Å²) in [5.41, 5.74) is 8.42. The van der Waals surface area contributed by atoms with Gasteiger partial charge in [0.05, 0.1) is 23.7 Å². The van der Waals surface area contributed by atoms with Crippen LogP contribution in [0.2, 0.25) is 0 Å². The van der Waals surface area contributed by atoms with Crippen LogP contribution in [0.4, 0.5) is 5.69 Å². The molecule has 0 saturated heterocycles. The highest BCUT2D eigenvalue weighted by Gasteiger charge is 2.26. The van der Waals surface area contributed by atoms with Gasteiger partial charge in [-0.25, -0.2) is 4.98 Å². The summed E-state index contributed by atoms with van der Waals surface area (Å²) in [4.78, 5) is 10.1. The molecule has 1 aliphatic carbocycles. The van der Waals surface area contributed by atoms with Crippen molar-refractivity contribution in [3.05, 3.63) is 24.0 Å². The van der Waals surface area contributed by atoms with Crippen molar-refractivity contribution in [1.82, 2.24) is 14.9 Å². The van der Waals surface area contributed by atoms with Crippen LogP contribution in [-0.2, 0) is 6.54 Å². The van der Waals surface area contributed by atoms with Crippen LogP contribution in [-0.4, -0.2) is 39.2 Å². The lowest BCUT2D eigenvalue weighted by molar-refractivity contribution is 0.0279. The van der Waals surface area contributed by atoms with Crippen molar-refractivity contribution in [3.63, 3.8) is 0 Å². The van der Waals surface area contributed by atoms with E-state index in [1.165, 1.54) is 6.42 Å². The van der Waals surface area contributed by atoms with Crippen molar-refractivity contribution in [3.8, 4) is 0 Å². The molecular formula is C15H22N4O. The molecule has 1 heterocycles. The number of likely N-dealkylation sites (N-methyl/N-ethyl adjacent to an activating group) is 1. The lowest BCUT2D eigenvalue weighted by Crippen LogP contribution is -2.43. The van der Waals surface area contributed by atoms with Crippen LogP contribution in [0, 0.1) is 0 Å². The number of anilines is 1. The minimum absolute atomic E-state index is 0.214. The number of hydrogen-bond donors (Lipinski definition) is 3. The predicted molar refractivity (Wildman–Crippen MR) is 80.2 cm³/mol. The largest absolute Gasteiger partial charge is 0.399 e. The minimum atomic E-state index is -0.214. The Balaban J connectivity index is 1.75. The van der Waals surface area contributed by atoms with Gasteiger partial charge in [-0.1, -0.05) is 12.8 Å². The van der Waals surface area contributed by atoms with E-state index < -0.39 is 0 Å². The Kier molecular flexibility index (Phi) is 3.63. The van der Waals surface area contributed by atoms with E-state index in [0.29, 0.717) is 0 Å². The highest BCUT2D eigenvalue weighted by atomic mass is 16.3. The van der Waals surface area contributed by atoms with Gasteiger partial charge < -0.3 is 15.8 Å². The summed E-state index contributed by atoms with van der Waals surface area (Å²) in [5.74, 6) is 0.922. The van der Waals surface area contributed by atoms with Crippen molar-refractivity contribution in [2.45, 2.75) is 44.4 Å². The Labute approximate surface area is 118 Å². The first-order chi connectivity index (χ1) is 9.63. The topological polar surface area (TPSA) is 78.2 Å². The van der Waals surface area contributed by atoms with Gasteiger partial charge in [-0.05, 0) is 38.1 Å². The average molecular weight is 274 g/mol. The zero-order valence-electron chi connectivity index (χ0n) is 11.8. The summed E-state index contributed by atoms with van der Waals surface area (Å²) >= 11 is 0. The standard InChI is InChI=1S/C15H22N4O/c1-19(13-4-2-3-5-14(13)20)9-15-17-11-7-6-10(16)8-12(11)18-15/h6-8,13-14,20H,2-5,9,16H2,1H3,(H,17,18). The Morgan fingerprint density at radius 2 is 2.20 bits per heavy atom. The molecule has 1 aromatic heterocycles. The zero-order valence-corrected chi connectivity index (χ0v) is 11.8. The number of benzene rings is 1. The van der Waals surface area contributed by atoms with Crippen molar-refractivity contribution in [1.29, 1.82) is 0 Å². The lowest BCUT2D eigenvalue weighted by atomic mass is 9.91. The molecule has 0 amide bonds. The molecule has 5 nitrogen and oxygen atoms in total. The maximum absolute atomic E-state index is 10.1. The molecule has 20 heavy (non-hydrogen) atoms. The highest BCUT2D eigenvalue weighted by Crippen LogP contribution is 2.23. The number of fused-ring (bicyclic) bond motifs is 1. The first kappa shape index (κ1) is 13.4. The number of aromatic nitrogens is 2. The summed E-state index contributed by atoms with van der Waals surface area (Å²) in [6, 6.07) is 5.94. The number of aliphatic hydroxyl groups is 1. The molecule has 2 unspecified atom stereocenters. The number of hydrogen-bond acceptors (Lipinski definition) is 4. The number of imidazole rings is 1. The lowest BCUT2D eigenvalue weighted by Gasteiger charge is -2.34. The third-order valence-corrected chi connectivity index (χ3v) is 4.21. The van der Waals surface area contributed by atoms with E-state index in [4.69, 9.17) is 5.73 Å². The van der Waals surface area contributed by atoms with Gasteiger partial charge >= 0.3 is 0 Å². The monoisotopic (exact) mass is 274 g/mol. The van der Waals surface area contributed by atoms with Gasteiger partial charge in [-0.2, -0.15) is 0 Å². The molecule has 1 fully saturated rings. The normalized spacial score (nSPS) is 23.6. The van der Waals surface area contributed by atoms with Crippen LogP contribution in [0.15, 0.2) is 18.2 Å². The smallest absolute Gasteiger partial charge is 0.121 e. The quantitative estimate of drug-likeness (QED) is 0.747. The van der Waals surface area contributed by atoms with Crippen LogP contribution in [0.1, 0.15) is 31.5 Å². The summed E-state index contributed by atoms with van der Waals surface area (Å²) in [7, 11) is 2.06. The number of aliphatic hydroxyl groups excluding tert-OH is 1. The van der Waals surface area contributed by atoms with Crippen LogP contribution < -0.4 is 5.73 Å². The van der Waals surface area contributed by atoms with Crippen molar-refractivity contribution >= 4 is 16.7 Å². The van der Waals surface area contributed by atoms with Gasteiger partial charge in [0.2, 0.25) is 0 Å². The summed E-state index contributed by atoms with van der Waals surface area (Å²) in [6.45, 7) is 0.719. The van der Waals surface area contributed by atoms with Crippen molar-refractivity contribution in [2.75, 3.05) is 12.8 Å². The highest BCUT2D eigenvalue weighted by molar-refractivity contribution is 5.78. The molecule has 0 bridgehead atoms. The van der Waals surface area contributed by atoms with Crippen LogP contribution in [0.3, 0.4) is 0 Å². The third kappa shape index (κ3) is 2.64. The van der Waals surface area contributed by atoms with Gasteiger partial charge in [-0.3, -0.25) is 4.90 Å². The zero-order chi connectivity index (χ0) is 14.1. The summed E-state index contributed by atoms with van der Waals surface area (Å²) in [5, 5.41) is 10.1. The van der Waals surface area contributed by atoms with Gasteiger partial charge in [0.25, 0.3) is 0 Å². The molecule has 5 heteroatoms. The maximum Gasteiger partial charge on any atom is 0.121 e. The van der Waals surface area contributed by atoms with Crippen molar-refractivity contribution in [2.24, 2.45) is 0 Å². The Hall–Kier alpha value is -1.59. The molecule has 0 aliphatic heterocycles. The van der Waals surface area contributed by atoms with E-state index in [1.54, 1.807) is 0 Å². The number of nitrogens with two attached hydrogens (primary N) is 1. The van der Waals surface area contributed by atoms with Crippen LogP contribution in [0.5, 0.6) is 0 Å². The second-order valence-electron chi connectivity index (χ2n) is 5.79. The second-order valence-corrected chi connectivity index (χ2v) is 5.79. The fraction of sp³-hybridized carbons (Fsp3) is 0.533. The molecule has 2 atom stereocenters. The van der Waals surface area contributed by atoms with E-state index in [1.807, 2.05) is 18.2 Å². The molecule has 4 N–H and O–H groups in total. The summed E-state index contributed by atoms with van der Waals surface area (Å²) in [6.07, 6.45) is 4.09. The van der Waals surface area contributed by atoms with E-state index in [0.717, 1.165) is 48.4 Å². The predicted octanol–water partition coefficient (Wildman–Crippen LogP) is 1.88. The first-order valence-electron chi connectivity index (χ1n) is 7.26. The van der Waals surface area contributed by atoms with Gasteiger partial charge in [-0.15, -0.1) is 0 Å². The SMILES string of the molecule is CN(Cc1nc2ccc(N)cc2[nH]1)C1CCCCC1O. The molecule has 1 aliphatic rings. The fourth-order valence-electron chi connectivity index (χ4n) is 3.11. The molecule has 0 spiro atoms. The number of rotatable bonds is 3. The number of nitrogen functional groups attached to an aromatic ring is 1. The van der Waals surface area contributed by atoms with E-state index in [9.17, 15) is 5.11 Å². The number of nitrogens with zero attached hydrogens (tertiary/aromatic N) is 2. The van der Waals surface area contributed by atoms with Crippen LogP contribution >= 0.6 is 0 Å².